The minimum absolute atomic E-state index is 0.00516. The van der Waals surface area contributed by atoms with Crippen molar-refractivity contribution in [3.63, 3.8) is 0 Å². The number of nitrogens with zero attached hydrogens (tertiary/aromatic N) is 1. The molecule has 1 aliphatic carbocycles. The third-order valence-electron chi connectivity index (χ3n) is 3.81. The molecule has 0 aromatic rings. The number of amides is 1. The Balaban J connectivity index is 2.05. The molecule has 1 amide bonds. The fourth-order valence-corrected chi connectivity index (χ4v) is 2.94. The molecular weight excluding hydrogens is 204 g/mol. The van der Waals surface area contributed by atoms with Gasteiger partial charge in [-0.3, -0.25) is 9.69 Å². The molecular formula is C12H22N2O2. The Morgan fingerprint density at radius 1 is 1.25 bits per heavy atom. The topological polar surface area (TPSA) is 52.6 Å². The molecule has 0 spiro atoms. The summed E-state index contributed by atoms with van der Waals surface area (Å²) in [6.07, 6.45) is 7.22. The maximum atomic E-state index is 11.8. The lowest BCUT2D eigenvalue weighted by molar-refractivity contribution is -0.128. The van der Waals surface area contributed by atoms with Gasteiger partial charge in [-0.2, -0.15) is 0 Å². The van der Waals surface area contributed by atoms with Crippen LogP contribution in [-0.2, 0) is 4.79 Å². The highest BCUT2D eigenvalue weighted by molar-refractivity contribution is 5.82. The van der Waals surface area contributed by atoms with Crippen LogP contribution in [0.1, 0.15) is 38.5 Å². The Hall–Kier alpha value is -0.610. The molecule has 1 saturated carbocycles. The average Bonchev–Trinajstić information content (AvgIpc) is 2.52. The summed E-state index contributed by atoms with van der Waals surface area (Å²) in [5.41, 5.74) is 0. The standard InChI is InChI=1S/C12H22N2O2/c15-9-11-12(16)13-7-4-8-14(11)10-5-2-1-3-6-10/h10-11,15H,1-9H2,(H,13,16). The molecule has 4 heteroatoms. The van der Waals surface area contributed by atoms with Crippen molar-refractivity contribution in [3.8, 4) is 0 Å². The first-order valence-electron chi connectivity index (χ1n) is 6.47. The highest BCUT2D eigenvalue weighted by Crippen LogP contribution is 2.25. The molecule has 1 saturated heterocycles. The fourth-order valence-electron chi connectivity index (χ4n) is 2.94. The van der Waals surface area contributed by atoms with Crippen LogP contribution in [0.4, 0.5) is 0 Å². The summed E-state index contributed by atoms with van der Waals surface area (Å²) in [5, 5.41) is 12.3. The van der Waals surface area contributed by atoms with Crippen molar-refractivity contribution < 1.29 is 9.90 Å². The van der Waals surface area contributed by atoms with E-state index in [0.717, 1.165) is 19.5 Å². The van der Waals surface area contributed by atoms with Crippen molar-refractivity contribution in [2.75, 3.05) is 19.7 Å². The molecule has 2 N–H and O–H groups in total. The molecule has 1 heterocycles. The van der Waals surface area contributed by atoms with Gasteiger partial charge in [0.15, 0.2) is 0 Å². The maximum Gasteiger partial charge on any atom is 0.239 e. The Kier molecular flexibility index (Phi) is 4.18. The van der Waals surface area contributed by atoms with Crippen LogP contribution in [0.15, 0.2) is 0 Å². The molecule has 16 heavy (non-hydrogen) atoms. The van der Waals surface area contributed by atoms with Crippen molar-refractivity contribution in [1.82, 2.24) is 10.2 Å². The number of carbonyl (C=O) groups is 1. The molecule has 92 valence electrons. The molecule has 1 unspecified atom stereocenters. The lowest BCUT2D eigenvalue weighted by Crippen LogP contribution is -2.51. The van der Waals surface area contributed by atoms with Crippen molar-refractivity contribution in [2.45, 2.75) is 50.6 Å². The van der Waals surface area contributed by atoms with Gasteiger partial charge in [0.1, 0.15) is 6.04 Å². The van der Waals surface area contributed by atoms with E-state index in [4.69, 9.17) is 0 Å². The molecule has 2 aliphatic rings. The number of carbonyl (C=O) groups excluding carboxylic acids is 1. The summed E-state index contributed by atoms with van der Waals surface area (Å²) in [6, 6.07) is 0.195. The van der Waals surface area contributed by atoms with Crippen LogP contribution >= 0.6 is 0 Å². The van der Waals surface area contributed by atoms with Crippen molar-refractivity contribution in [1.29, 1.82) is 0 Å². The SMILES string of the molecule is O=C1NCCCN(C2CCCCC2)C1CO. The van der Waals surface area contributed by atoms with Gasteiger partial charge >= 0.3 is 0 Å². The van der Waals surface area contributed by atoms with E-state index < -0.39 is 0 Å². The monoisotopic (exact) mass is 226 g/mol. The van der Waals surface area contributed by atoms with Gasteiger partial charge in [0.25, 0.3) is 0 Å². The van der Waals surface area contributed by atoms with Crippen LogP contribution in [0.5, 0.6) is 0 Å². The van der Waals surface area contributed by atoms with Gasteiger partial charge in [0.05, 0.1) is 6.61 Å². The molecule has 0 aromatic carbocycles. The van der Waals surface area contributed by atoms with Gasteiger partial charge in [-0.05, 0) is 19.3 Å². The minimum atomic E-state index is -0.314. The van der Waals surface area contributed by atoms with Crippen LogP contribution in [0, 0.1) is 0 Å². The second-order valence-electron chi connectivity index (χ2n) is 4.87. The van der Waals surface area contributed by atoms with Crippen molar-refractivity contribution >= 4 is 5.91 Å². The lowest BCUT2D eigenvalue weighted by Gasteiger charge is -2.37. The van der Waals surface area contributed by atoms with Crippen molar-refractivity contribution in [3.05, 3.63) is 0 Å². The third kappa shape index (κ3) is 2.55. The number of nitrogens with one attached hydrogen (secondary N) is 1. The Labute approximate surface area is 97.0 Å². The fraction of sp³-hybridized carbons (Fsp3) is 0.917. The molecule has 0 bridgehead atoms. The summed E-state index contributed by atoms with van der Waals surface area (Å²) in [4.78, 5) is 14.0. The highest BCUT2D eigenvalue weighted by atomic mass is 16.3. The van der Waals surface area contributed by atoms with Gasteiger partial charge in [-0.25, -0.2) is 0 Å². The predicted octanol–water partition coefficient (Wildman–Crippen LogP) is 0.502. The third-order valence-corrected chi connectivity index (χ3v) is 3.81. The second kappa shape index (κ2) is 5.64. The number of aliphatic hydroxyl groups is 1. The quantitative estimate of drug-likeness (QED) is 0.721. The molecule has 0 aromatic heterocycles. The van der Waals surface area contributed by atoms with Gasteiger partial charge in [-0.1, -0.05) is 19.3 Å². The zero-order valence-corrected chi connectivity index (χ0v) is 9.82. The van der Waals surface area contributed by atoms with Crippen LogP contribution in [0.25, 0.3) is 0 Å². The number of rotatable bonds is 2. The Morgan fingerprint density at radius 3 is 2.69 bits per heavy atom. The molecule has 1 aliphatic heterocycles. The molecule has 4 nitrogen and oxygen atoms in total. The van der Waals surface area contributed by atoms with Gasteiger partial charge in [-0.15, -0.1) is 0 Å². The summed E-state index contributed by atoms with van der Waals surface area (Å²) in [6.45, 7) is 1.63. The van der Waals surface area contributed by atoms with E-state index in [0.29, 0.717) is 6.04 Å². The summed E-state index contributed by atoms with van der Waals surface area (Å²) >= 11 is 0. The summed E-state index contributed by atoms with van der Waals surface area (Å²) in [5.74, 6) is 0.00516. The zero-order chi connectivity index (χ0) is 11.4. The van der Waals surface area contributed by atoms with Crippen LogP contribution in [-0.4, -0.2) is 47.7 Å². The van der Waals surface area contributed by atoms with E-state index in [-0.39, 0.29) is 18.6 Å². The Morgan fingerprint density at radius 2 is 2.00 bits per heavy atom. The maximum absolute atomic E-state index is 11.8. The Bertz CT molecular complexity index is 239. The van der Waals surface area contributed by atoms with Gasteiger partial charge in [0, 0.05) is 19.1 Å². The first-order valence-corrected chi connectivity index (χ1v) is 6.47. The first-order chi connectivity index (χ1) is 7.83. The minimum Gasteiger partial charge on any atom is -0.394 e. The van der Waals surface area contributed by atoms with E-state index in [1.807, 2.05) is 0 Å². The smallest absolute Gasteiger partial charge is 0.239 e. The predicted molar refractivity (Wildman–Crippen MR) is 62.1 cm³/mol. The van der Waals surface area contributed by atoms with Crippen LogP contribution < -0.4 is 5.32 Å². The summed E-state index contributed by atoms with van der Waals surface area (Å²) in [7, 11) is 0. The number of hydrogen-bond acceptors (Lipinski definition) is 3. The lowest BCUT2D eigenvalue weighted by atomic mass is 9.93. The molecule has 2 fully saturated rings. The number of aliphatic hydroxyl groups excluding tert-OH is 1. The van der Waals surface area contributed by atoms with Gasteiger partial charge in [0.2, 0.25) is 5.91 Å². The molecule has 0 radical (unpaired) electrons. The second-order valence-corrected chi connectivity index (χ2v) is 4.87. The summed E-state index contributed by atoms with van der Waals surface area (Å²) < 4.78 is 0. The zero-order valence-electron chi connectivity index (χ0n) is 9.82. The van der Waals surface area contributed by atoms with Crippen molar-refractivity contribution in [2.24, 2.45) is 0 Å². The average molecular weight is 226 g/mol. The first kappa shape index (κ1) is 11.9. The van der Waals surface area contributed by atoms with E-state index in [2.05, 4.69) is 10.2 Å². The van der Waals surface area contributed by atoms with Crippen LogP contribution in [0.2, 0.25) is 0 Å². The van der Waals surface area contributed by atoms with Crippen LogP contribution in [0.3, 0.4) is 0 Å². The van der Waals surface area contributed by atoms with Gasteiger partial charge < -0.3 is 10.4 Å². The molecule has 1 atom stereocenters. The molecule has 2 rings (SSSR count). The van der Waals surface area contributed by atoms with E-state index in [9.17, 15) is 9.90 Å². The highest BCUT2D eigenvalue weighted by Gasteiger charge is 2.32. The van der Waals surface area contributed by atoms with E-state index in [1.165, 1.54) is 32.1 Å². The largest absolute Gasteiger partial charge is 0.394 e. The normalized spacial score (nSPS) is 29.8. The van der Waals surface area contributed by atoms with E-state index in [1.54, 1.807) is 0 Å². The van der Waals surface area contributed by atoms with E-state index >= 15 is 0 Å². The number of hydrogen-bond donors (Lipinski definition) is 2.